The van der Waals surface area contributed by atoms with Gasteiger partial charge >= 0.3 is 0 Å². The number of aromatic nitrogens is 3. The number of nitrogens with two attached hydrogens (primary N) is 1. The van der Waals surface area contributed by atoms with Crippen molar-refractivity contribution in [1.29, 1.82) is 0 Å². The minimum Gasteiger partial charge on any atom is -0.353 e. The quantitative estimate of drug-likeness (QED) is 0.621. The first-order valence-electron chi connectivity index (χ1n) is 6.86. The summed E-state index contributed by atoms with van der Waals surface area (Å²) in [5, 5.41) is 11.8. The Kier molecular flexibility index (Phi) is 3.63. The lowest BCUT2D eigenvalue weighted by molar-refractivity contribution is -0.119. The van der Waals surface area contributed by atoms with Gasteiger partial charge in [-0.1, -0.05) is 24.6 Å². The second kappa shape index (κ2) is 5.40. The predicted octanol–water partition coefficient (Wildman–Crippen LogP) is 1.02. The van der Waals surface area contributed by atoms with Gasteiger partial charge in [-0.2, -0.15) is 0 Å². The van der Waals surface area contributed by atoms with Crippen LogP contribution in [-0.4, -0.2) is 32.6 Å². The molecule has 2 aliphatic carbocycles. The third-order valence-electron chi connectivity index (χ3n) is 3.69. The molecule has 0 saturated heterocycles. The molecule has 1 heterocycles. The Balaban J connectivity index is 1.49. The van der Waals surface area contributed by atoms with Gasteiger partial charge in [0.15, 0.2) is 5.82 Å². The van der Waals surface area contributed by atoms with Crippen molar-refractivity contribution in [3.8, 4) is 0 Å². The molecule has 104 valence electrons. The Bertz CT molecular complexity index is 465. The highest BCUT2D eigenvalue weighted by molar-refractivity contribution is 7.99. The zero-order valence-corrected chi connectivity index (χ0v) is 11.7. The minimum atomic E-state index is 0.0628. The van der Waals surface area contributed by atoms with E-state index in [2.05, 4.69) is 15.5 Å². The van der Waals surface area contributed by atoms with Gasteiger partial charge in [0, 0.05) is 12.0 Å². The van der Waals surface area contributed by atoms with Crippen molar-refractivity contribution < 1.29 is 4.79 Å². The normalized spacial score (nSPS) is 19.8. The molecular formula is C12H19N5OS. The monoisotopic (exact) mass is 281 g/mol. The Hall–Kier alpha value is -1.24. The Morgan fingerprint density at radius 1 is 1.32 bits per heavy atom. The number of nitrogen functional groups attached to an aromatic ring is 1. The number of amides is 1. The van der Waals surface area contributed by atoms with Crippen molar-refractivity contribution in [3.63, 3.8) is 0 Å². The largest absolute Gasteiger partial charge is 0.353 e. The Morgan fingerprint density at radius 2 is 2.05 bits per heavy atom. The molecule has 0 atom stereocenters. The Morgan fingerprint density at radius 3 is 2.74 bits per heavy atom. The van der Waals surface area contributed by atoms with Crippen LogP contribution in [0.1, 0.15) is 50.3 Å². The van der Waals surface area contributed by atoms with Crippen LogP contribution in [-0.2, 0) is 4.79 Å². The van der Waals surface area contributed by atoms with Crippen LogP contribution in [0.25, 0.3) is 0 Å². The van der Waals surface area contributed by atoms with E-state index < -0.39 is 0 Å². The summed E-state index contributed by atoms with van der Waals surface area (Å²) < 4.78 is 1.53. The molecule has 2 fully saturated rings. The third kappa shape index (κ3) is 3.02. The van der Waals surface area contributed by atoms with E-state index in [0.717, 1.165) is 31.5 Å². The summed E-state index contributed by atoms with van der Waals surface area (Å²) in [4.78, 5) is 11.8. The van der Waals surface area contributed by atoms with Crippen molar-refractivity contribution in [3.05, 3.63) is 5.82 Å². The van der Waals surface area contributed by atoms with E-state index in [0.29, 0.717) is 22.9 Å². The van der Waals surface area contributed by atoms with Gasteiger partial charge in [-0.05, 0) is 25.7 Å². The summed E-state index contributed by atoms with van der Waals surface area (Å²) in [5.41, 5.74) is 0. The molecule has 3 rings (SSSR count). The molecule has 3 N–H and O–H groups in total. The summed E-state index contributed by atoms with van der Waals surface area (Å²) in [6.07, 6.45) is 6.94. The molecule has 0 aromatic carbocycles. The van der Waals surface area contributed by atoms with Crippen LogP contribution < -0.4 is 11.2 Å². The molecule has 0 spiro atoms. The minimum absolute atomic E-state index is 0.0628. The highest BCUT2D eigenvalue weighted by Crippen LogP contribution is 2.39. The number of nitrogens with zero attached hydrogens (tertiary/aromatic N) is 3. The molecular weight excluding hydrogens is 262 g/mol. The van der Waals surface area contributed by atoms with Gasteiger partial charge in [-0.3, -0.25) is 4.79 Å². The van der Waals surface area contributed by atoms with Crippen LogP contribution in [0.4, 0.5) is 0 Å². The Labute approximate surface area is 116 Å². The second-order valence-corrected chi connectivity index (χ2v) is 6.27. The lowest BCUT2D eigenvalue weighted by atomic mass is 10.2. The topological polar surface area (TPSA) is 85.8 Å². The van der Waals surface area contributed by atoms with Crippen LogP contribution in [0.5, 0.6) is 0 Å². The maximum atomic E-state index is 11.8. The average Bonchev–Trinajstić information content (AvgIpc) is 2.98. The number of carbonyl (C=O) groups is 1. The van der Waals surface area contributed by atoms with Crippen molar-refractivity contribution >= 4 is 17.7 Å². The zero-order chi connectivity index (χ0) is 13.2. The second-order valence-electron chi connectivity index (χ2n) is 5.32. The first-order chi connectivity index (χ1) is 9.24. The van der Waals surface area contributed by atoms with E-state index in [9.17, 15) is 4.79 Å². The predicted molar refractivity (Wildman–Crippen MR) is 73.3 cm³/mol. The van der Waals surface area contributed by atoms with Gasteiger partial charge in [0.2, 0.25) is 11.1 Å². The summed E-state index contributed by atoms with van der Waals surface area (Å²) in [6, 6.07) is 0.367. The third-order valence-corrected chi connectivity index (χ3v) is 4.63. The van der Waals surface area contributed by atoms with E-state index in [1.807, 2.05) is 0 Å². The van der Waals surface area contributed by atoms with Crippen LogP contribution in [0.2, 0.25) is 0 Å². The molecule has 0 unspecified atom stereocenters. The lowest BCUT2D eigenvalue weighted by Crippen LogP contribution is -2.34. The summed E-state index contributed by atoms with van der Waals surface area (Å²) in [5.74, 6) is 7.67. The van der Waals surface area contributed by atoms with Crippen LogP contribution in [0.15, 0.2) is 5.16 Å². The first-order valence-corrected chi connectivity index (χ1v) is 7.85. The number of thioether (sulfide) groups is 1. The van der Waals surface area contributed by atoms with Gasteiger partial charge in [-0.15, -0.1) is 10.2 Å². The number of hydrogen-bond donors (Lipinski definition) is 2. The van der Waals surface area contributed by atoms with Gasteiger partial charge in [0.05, 0.1) is 5.75 Å². The number of hydrogen-bond acceptors (Lipinski definition) is 5. The number of rotatable bonds is 5. The van der Waals surface area contributed by atoms with Crippen LogP contribution in [0.3, 0.4) is 0 Å². The standard InChI is InChI=1S/C12H19N5OS/c13-17-11(8-5-6-8)15-16-12(17)19-7-10(18)14-9-3-1-2-4-9/h8-9H,1-7,13H2,(H,14,18). The molecule has 0 aliphatic heterocycles. The molecule has 2 saturated carbocycles. The van der Waals surface area contributed by atoms with Crippen molar-refractivity contribution in [1.82, 2.24) is 20.2 Å². The maximum absolute atomic E-state index is 11.8. The molecule has 7 heteroatoms. The molecule has 6 nitrogen and oxygen atoms in total. The first kappa shape index (κ1) is 12.8. The summed E-state index contributed by atoms with van der Waals surface area (Å²) >= 11 is 1.36. The van der Waals surface area contributed by atoms with E-state index in [-0.39, 0.29) is 5.91 Å². The lowest BCUT2D eigenvalue weighted by Gasteiger charge is -2.11. The van der Waals surface area contributed by atoms with Gasteiger partial charge < -0.3 is 11.2 Å². The van der Waals surface area contributed by atoms with Crippen molar-refractivity contribution in [2.75, 3.05) is 11.6 Å². The molecule has 1 aromatic rings. The molecule has 0 bridgehead atoms. The molecule has 0 radical (unpaired) electrons. The average molecular weight is 281 g/mol. The fourth-order valence-corrected chi connectivity index (χ4v) is 3.15. The molecule has 2 aliphatic rings. The van der Waals surface area contributed by atoms with Gasteiger partial charge in [0.1, 0.15) is 0 Å². The summed E-state index contributed by atoms with van der Waals surface area (Å²) in [6.45, 7) is 0. The van der Waals surface area contributed by atoms with Crippen molar-refractivity contribution in [2.45, 2.75) is 55.6 Å². The zero-order valence-electron chi connectivity index (χ0n) is 10.8. The van der Waals surface area contributed by atoms with Crippen LogP contribution in [0, 0.1) is 0 Å². The molecule has 19 heavy (non-hydrogen) atoms. The highest BCUT2D eigenvalue weighted by atomic mass is 32.2. The fourth-order valence-electron chi connectivity index (χ4n) is 2.48. The van der Waals surface area contributed by atoms with Gasteiger partial charge in [0.25, 0.3) is 0 Å². The fraction of sp³-hybridized carbons (Fsp3) is 0.750. The SMILES string of the molecule is Nn1c(SCC(=O)NC2CCCC2)nnc1C1CC1. The smallest absolute Gasteiger partial charge is 0.230 e. The van der Waals surface area contributed by atoms with E-state index in [1.54, 1.807) is 0 Å². The molecule has 1 amide bonds. The molecule has 1 aromatic heterocycles. The van der Waals surface area contributed by atoms with Gasteiger partial charge in [-0.25, -0.2) is 4.68 Å². The van der Waals surface area contributed by atoms with Crippen LogP contribution >= 0.6 is 11.8 Å². The highest BCUT2D eigenvalue weighted by Gasteiger charge is 2.30. The van der Waals surface area contributed by atoms with E-state index in [4.69, 9.17) is 5.84 Å². The summed E-state index contributed by atoms with van der Waals surface area (Å²) in [7, 11) is 0. The number of nitrogens with one attached hydrogen (secondary N) is 1. The van der Waals surface area contributed by atoms with Crippen molar-refractivity contribution in [2.24, 2.45) is 0 Å². The van der Waals surface area contributed by atoms with E-state index in [1.165, 1.54) is 29.3 Å². The number of carbonyl (C=O) groups excluding carboxylic acids is 1. The maximum Gasteiger partial charge on any atom is 0.230 e. The van der Waals surface area contributed by atoms with E-state index >= 15 is 0 Å².